The van der Waals surface area contributed by atoms with Crippen LogP contribution in [0.4, 0.5) is 5.69 Å². The minimum atomic E-state index is 0.690. The lowest BCUT2D eigenvalue weighted by Crippen LogP contribution is -1.98. The summed E-state index contributed by atoms with van der Waals surface area (Å²) in [6, 6.07) is 9.91. The van der Waals surface area contributed by atoms with E-state index >= 15 is 0 Å². The zero-order chi connectivity index (χ0) is 12.3. The molecule has 1 heterocycles. The van der Waals surface area contributed by atoms with Crippen LogP contribution < -0.4 is 5.32 Å². The van der Waals surface area contributed by atoms with Crippen LogP contribution in [-0.4, -0.2) is 0 Å². The van der Waals surface area contributed by atoms with E-state index in [4.69, 9.17) is 16.9 Å². The van der Waals surface area contributed by atoms with Crippen molar-refractivity contribution in [3.05, 3.63) is 50.7 Å². The van der Waals surface area contributed by atoms with Gasteiger partial charge >= 0.3 is 0 Å². The zero-order valence-electron chi connectivity index (χ0n) is 9.33. The monoisotopic (exact) mass is 262 g/mol. The number of rotatable bonds is 3. The maximum absolute atomic E-state index is 8.73. The van der Waals surface area contributed by atoms with Crippen molar-refractivity contribution in [1.82, 2.24) is 0 Å². The van der Waals surface area contributed by atoms with Gasteiger partial charge in [-0.1, -0.05) is 23.7 Å². The van der Waals surface area contributed by atoms with Crippen LogP contribution in [0.15, 0.2) is 29.6 Å². The van der Waals surface area contributed by atoms with Gasteiger partial charge in [-0.15, -0.1) is 11.3 Å². The highest BCUT2D eigenvalue weighted by Gasteiger charge is 2.03. The Labute approximate surface area is 109 Å². The Hall–Kier alpha value is -1.50. The molecule has 0 aliphatic rings. The predicted molar refractivity (Wildman–Crippen MR) is 72.5 cm³/mol. The van der Waals surface area contributed by atoms with Crippen LogP contribution in [0.25, 0.3) is 0 Å². The smallest absolute Gasteiger partial charge is 0.100 e. The fourth-order valence-corrected chi connectivity index (χ4v) is 2.44. The fraction of sp³-hybridized carbons (Fsp3) is 0.154. The van der Waals surface area contributed by atoms with Crippen LogP contribution in [0.1, 0.15) is 16.0 Å². The maximum atomic E-state index is 8.73. The molecule has 0 saturated heterocycles. The fourth-order valence-electron chi connectivity index (χ4n) is 1.50. The summed E-state index contributed by atoms with van der Waals surface area (Å²) in [5.74, 6) is 0. The van der Waals surface area contributed by atoms with Gasteiger partial charge in [0.1, 0.15) is 6.07 Å². The second kappa shape index (κ2) is 5.22. The standard InChI is InChI=1S/C13H11ClN2S/c1-9-3-2-4-12(13(9)14)16-7-11-5-10(6-15)8-17-11/h2-5,8,16H,7H2,1H3. The summed E-state index contributed by atoms with van der Waals surface area (Å²) >= 11 is 7.76. The lowest BCUT2D eigenvalue weighted by Gasteiger charge is -2.08. The zero-order valence-corrected chi connectivity index (χ0v) is 10.9. The molecule has 1 N–H and O–H groups in total. The van der Waals surface area contributed by atoms with Crippen LogP contribution in [0.3, 0.4) is 0 Å². The van der Waals surface area contributed by atoms with Gasteiger partial charge < -0.3 is 5.32 Å². The Balaban J connectivity index is 2.07. The molecule has 0 atom stereocenters. The molecule has 0 saturated carbocycles. The van der Waals surface area contributed by atoms with E-state index in [1.807, 2.05) is 36.6 Å². The van der Waals surface area contributed by atoms with E-state index in [1.54, 1.807) is 11.3 Å². The Morgan fingerprint density at radius 3 is 3.00 bits per heavy atom. The van der Waals surface area contributed by atoms with Crippen molar-refractivity contribution in [2.75, 3.05) is 5.32 Å². The third-order valence-electron chi connectivity index (χ3n) is 2.43. The molecular formula is C13H11ClN2S. The van der Waals surface area contributed by atoms with Crippen molar-refractivity contribution < 1.29 is 0 Å². The molecule has 0 amide bonds. The molecule has 1 aromatic carbocycles. The number of nitrogens with zero attached hydrogens (tertiary/aromatic N) is 1. The van der Waals surface area contributed by atoms with Gasteiger partial charge in [-0.05, 0) is 24.6 Å². The molecule has 2 nitrogen and oxygen atoms in total. The first-order valence-electron chi connectivity index (χ1n) is 5.17. The number of nitrogens with one attached hydrogen (secondary N) is 1. The lowest BCUT2D eigenvalue weighted by molar-refractivity contribution is 1.19. The molecule has 0 aliphatic carbocycles. The molecule has 2 aromatic rings. The summed E-state index contributed by atoms with van der Waals surface area (Å²) in [6.07, 6.45) is 0. The van der Waals surface area contributed by atoms with E-state index < -0.39 is 0 Å². The Bertz CT molecular complexity index is 569. The molecule has 0 aliphatic heterocycles. The molecule has 0 spiro atoms. The minimum absolute atomic E-state index is 0.690. The van der Waals surface area contributed by atoms with E-state index in [1.165, 1.54) is 0 Å². The molecule has 86 valence electrons. The molecule has 0 unspecified atom stereocenters. The largest absolute Gasteiger partial charge is 0.379 e. The average Bonchev–Trinajstić information content (AvgIpc) is 2.79. The Kier molecular flexibility index (Phi) is 3.68. The third kappa shape index (κ3) is 2.79. The number of anilines is 1. The van der Waals surface area contributed by atoms with Crippen molar-refractivity contribution in [1.29, 1.82) is 5.26 Å². The highest BCUT2D eigenvalue weighted by molar-refractivity contribution is 7.10. The summed E-state index contributed by atoms with van der Waals surface area (Å²) in [7, 11) is 0. The van der Waals surface area contributed by atoms with Gasteiger partial charge in [0.05, 0.1) is 16.3 Å². The number of thiophene rings is 1. The number of halogens is 1. The molecule has 0 bridgehead atoms. The van der Waals surface area contributed by atoms with Crippen LogP contribution in [-0.2, 0) is 6.54 Å². The van der Waals surface area contributed by atoms with Gasteiger partial charge in [-0.25, -0.2) is 0 Å². The number of aryl methyl sites for hydroxylation is 1. The van der Waals surface area contributed by atoms with Gasteiger partial charge in [-0.2, -0.15) is 5.26 Å². The second-order valence-electron chi connectivity index (χ2n) is 3.70. The highest BCUT2D eigenvalue weighted by Crippen LogP contribution is 2.26. The second-order valence-corrected chi connectivity index (χ2v) is 5.08. The number of benzene rings is 1. The van der Waals surface area contributed by atoms with E-state index in [9.17, 15) is 0 Å². The van der Waals surface area contributed by atoms with Gasteiger partial charge in [0, 0.05) is 16.8 Å². The van der Waals surface area contributed by atoms with Crippen molar-refractivity contribution in [2.24, 2.45) is 0 Å². The van der Waals surface area contributed by atoms with Crippen molar-refractivity contribution >= 4 is 28.6 Å². The summed E-state index contributed by atoms with van der Waals surface area (Å²) in [6.45, 7) is 2.67. The van der Waals surface area contributed by atoms with E-state index in [-0.39, 0.29) is 0 Å². The number of hydrogen-bond donors (Lipinski definition) is 1. The number of hydrogen-bond acceptors (Lipinski definition) is 3. The third-order valence-corrected chi connectivity index (χ3v) is 3.87. The summed E-state index contributed by atoms with van der Waals surface area (Å²) in [5, 5.41) is 14.6. The molecule has 0 fully saturated rings. The Morgan fingerprint density at radius 2 is 2.29 bits per heavy atom. The van der Waals surface area contributed by atoms with Crippen LogP contribution in [0, 0.1) is 18.3 Å². The topological polar surface area (TPSA) is 35.8 Å². The maximum Gasteiger partial charge on any atom is 0.100 e. The van der Waals surface area contributed by atoms with Crippen LogP contribution >= 0.6 is 22.9 Å². The highest BCUT2D eigenvalue weighted by atomic mass is 35.5. The van der Waals surface area contributed by atoms with Crippen LogP contribution in [0.2, 0.25) is 5.02 Å². The molecule has 17 heavy (non-hydrogen) atoms. The number of nitriles is 1. The van der Waals surface area contributed by atoms with Gasteiger partial charge in [0.15, 0.2) is 0 Å². The van der Waals surface area contributed by atoms with Crippen molar-refractivity contribution in [2.45, 2.75) is 13.5 Å². The molecule has 0 radical (unpaired) electrons. The van der Waals surface area contributed by atoms with Gasteiger partial charge in [-0.3, -0.25) is 0 Å². The first kappa shape index (κ1) is 12.0. The quantitative estimate of drug-likeness (QED) is 0.900. The van der Waals surface area contributed by atoms with Crippen LogP contribution in [0.5, 0.6) is 0 Å². The van der Waals surface area contributed by atoms with Gasteiger partial charge in [0.25, 0.3) is 0 Å². The van der Waals surface area contributed by atoms with Crippen molar-refractivity contribution in [3.63, 3.8) is 0 Å². The Morgan fingerprint density at radius 1 is 1.47 bits per heavy atom. The van der Waals surface area contributed by atoms with E-state index in [0.717, 1.165) is 21.2 Å². The molecule has 2 rings (SSSR count). The normalized spacial score (nSPS) is 9.94. The SMILES string of the molecule is Cc1cccc(NCc2cc(C#N)cs2)c1Cl. The van der Waals surface area contributed by atoms with E-state index in [0.29, 0.717) is 12.1 Å². The molecule has 4 heteroatoms. The first-order chi connectivity index (χ1) is 8.20. The summed E-state index contributed by atoms with van der Waals surface area (Å²) in [5.41, 5.74) is 2.70. The van der Waals surface area contributed by atoms with Crippen molar-refractivity contribution in [3.8, 4) is 6.07 Å². The predicted octanol–water partition coefficient (Wildman–Crippen LogP) is 4.19. The lowest BCUT2D eigenvalue weighted by atomic mass is 10.2. The first-order valence-corrected chi connectivity index (χ1v) is 6.43. The molecular weight excluding hydrogens is 252 g/mol. The van der Waals surface area contributed by atoms with E-state index in [2.05, 4.69) is 11.4 Å². The molecule has 1 aromatic heterocycles. The summed E-state index contributed by atoms with van der Waals surface area (Å²) < 4.78 is 0. The minimum Gasteiger partial charge on any atom is -0.379 e. The average molecular weight is 263 g/mol. The summed E-state index contributed by atoms with van der Waals surface area (Å²) in [4.78, 5) is 1.12. The van der Waals surface area contributed by atoms with Gasteiger partial charge in [0.2, 0.25) is 0 Å².